The van der Waals surface area contributed by atoms with E-state index in [0.717, 1.165) is 49.5 Å². The third-order valence-corrected chi connectivity index (χ3v) is 9.72. The van der Waals surface area contributed by atoms with Crippen molar-refractivity contribution in [3.05, 3.63) is 213 Å². The summed E-state index contributed by atoms with van der Waals surface area (Å²) in [5.74, 6) is 1.64. The molecule has 3 N–H and O–H groups in total. The lowest BCUT2D eigenvalue weighted by molar-refractivity contribution is 0.0938. The number of hydrogen-bond acceptors (Lipinski definition) is 10. The lowest BCUT2D eigenvalue weighted by Gasteiger charge is -2.06. The highest BCUT2D eigenvalue weighted by atomic mass is 79.9. The van der Waals surface area contributed by atoms with Gasteiger partial charge in [-0.25, -0.2) is 0 Å². The number of nitrogens with zero attached hydrogens (tertiary/aromatic N) is 3. The largest absolute Gasteiger partial charge is 0.497 e. The summed E-state index contributed by atoms with van der Waals surface area (Å²) in [6.45, 7) is 1.28. The summed E-state index contributed by atoms with van der Waals surface area (Å²) in [4.78, 5) is 58.9. The van der Waals surface area contributed by atoms with Crippen LogP contribution in [0.15, 0.2) is 163 Å². The molecule has 14 heteroatoms. The summed E-state index contributed by atoms with van der Waals surface area (Å²) in [7, 11) is 4.85. The molecule has 3 amide bonds. The van der Waals surface area contributed by atoms with Crippen LogP contribution in [0.5, 0.6) is 17.2 Å². The van der Waals surface area contributed by atoms with Crippen molar-refractivity contribution in [1.29, 1.82) is 0 Å². The van der Waals surface area contributed by atoms with Gasteiger partial charge in [-0.2, -0.15) is 0 Å². The molecule has 0 saturated heterocycles. The topological polar surface area (TPSA) is 171 Å². The van der Waals surface area contributed by atoms with Crippen LogP contribution in [0.3, 0.4) is 0 Å². The first-order chi connectivity index (χ1) is 31.7. The Morgan fingerprint density at radius 2 is 0.846 bits per heavy atom. The molecule has 0 saturated carbocycles. The van der Waals surface area contributed by atoms with Gasteiger partial charge in [0.1, 0.15) is 40.6 Å². The number of halogens is 1. The van der Waals surface area contributed by atoms with E-state index in [9.17, 15) is 19.2 Å². The summed E-state index contributed by atoms with van der Waals surface area (Å²) in [6, 6.07) is 42.7. The molecule has 0 aliphatic heterocycles. The predicted octanol–water partition coefficient (Wildman–Crippen LogP) is 8.81. The molecule has 0 aliphatic carbocycles. The molecule has 3 aromatic heterocycles. The Kier molecular flexibility index (Phi) is 19.1. The average Bonchev–Trinajstić information content (AvgIpc) is 3.37. The van der Waals surface area contributed by atoms with Gasteiger partial charge < -0.3 is 30.2 Å². The number of hydrogen-bond donors (Lipinski definition) is 3. The Morgan fingerprint density at radius 3 is 1.25 bits per heavy atom. The molecule has 65 heavy (non-hydrogen) atoms. The minimum atomic E-state index is -0.315. The molecular formula is C51H47BrN6O7. The van der Waals surface area contributed by atoms with Crippen LogP contribution in [0.1, 0.15) is 69.6 Å². The number of benzene rings is 4. The Hall–Kier alpha value is -7.97. The molecule has 0 radical (unpaired) electrons. The van der Waals surface area contributed by atoms with Gasteiger partial charge in [-0.05, 0) is 101 Å². The normalized spacial score (nSPS) is 10.2. The van der Waals surface area contributed by atoms with Crippen molar-refractivity contribution in [3.63, 3.8) is 0 Å². The summed E-state index contributed by atoms with van der Waals surface area (Å²) < 4.78 is 16.1. The smallest absolute Gasteiger partial charge is 0.270 e. The maximum atomic E-state index is 12.3. The molecule has 330 valence electrons. The zero-order valence-corrected chi connectivity index (χ0v) is 37.5. The summed E-state index contributed by atoms with van der Waals surface area (Å²) in [5, 5.41) is 8.45. The van der Waals surface area contributed by atoms with Gasteiger partial charge in [-0.1, -0.05) is 94.8 Å². The van der Waals surface area contributed by atoms with Crippen LogP contribution in [0.2, 0.25) is 0 Å². The third-order valence-electron chi connectivity index (χ3n) is 9.23. The van der Waals surface area contributed by atoms with Crippen molar-refractivity contribution in [2.75, 3.05) is 21.3 Å². The minimum absolute atomic E-state index is 0.197. The SMILES string of the molecule is COc1ccc(CNC(=O)c2cc(/C=C/c3ccccc3)ccn2)cc1.COc1ccc(CNC(=O)c2cc(Br)ccn2)cc1.COc1ccc(CNC(=O)c2cc(C=O)ccn2)cc1. The quantitative estimate of drug-likeness (QED) is 0.0845. The van der Waals surface area contributed by atoms with E-state index >= 15 is 0 Å². The molecule has 7 aromatic rings. The van der Waals surface area contributed by atoms with Crippen LogP contribution < -0.4 is 30.2 Å². The highest BCUT2D eigenvalue weighted by Crippen LogP contribution is 2.15. The molecule has 0 aliphatic rings. The first-order valence-electron chi connectivity index (χ1n) is 20.1. The van der Waals surface area contributed by atoms with E-state index in [0.29, 0.717) is 42.9 Å². The average molecular weight is 936 g/mol. The highest BCUT2D eigenvalue weighted by Gasteiger charge is 2.10. The molecule has 7 rings (SSSR count). The number of carbonyl (C=O) groups is 4. The summed E-state index contributed by atoms with van der Waals surface area (Å²) in [5.41, 5.74) is 6.43. The number of amides is 3. The first-order valence-corrected chi connectivity index (χ1v) is 20.9. The number of methoxy groups -OCH3 is 3. The molecular weight excluding hydrogens is 888 g/mol. The van der Waals surface area contributed by atoms with E-state index in [-0.39, 0.29) is 23.4 Å². The van der Waals surface area contributed by atoms with Gasteiger partial charge in [0.15, 0.2) is 0 Å². The van der Waals surface area contributed by atoms with Gasteiger partial charge in [0.05, 0.1) is 21.3 Å². The number of nitrogens with one attached hydrogen (secondary N) is 3. The van der Waals surface area contributed by atoms with Crippen molar-refractivity contribution in [3.8, 4) is 17.2 Å². The van der Waals surface area contributed by atoms with E-state index in [1.165, 1.54) is 12.3 Å². The van der Waals surface area contributed by atoms with Crippen LogP contribution in [0.25, 0.3) is 12.2 Å². The van der Waals surface area contributed by atoms with Crippen LogP contribution in [0, 0.1) is 0 Å². The molecule has 3 heterocycles. The standard InChI is InChI=1S/C22H20N2O2.C15H14N2O3.C14H13BrN2O2/c1-26-20-11-9-19(10-12-20)16-24-22(25)21-15-18(13-14-23-21)8-7-17-5-3-2-4-6-17;1-20-13-4-2-11(3-5-13)9-17-15(19)14-8-12(10-18)6-7-16-14;1-19-12-4-2-10(3-5-12)9-17-14(18)13-8-11(15)6-7-16-13/h2-15H,16H2,1H3,(H,24,25);2-8,10H,9H2,1H3,(H,17,19);2-8H,9H2,1H3,(H,17,18)/b8-7+;;. The van der Waals surface area contributed by atoms with E-state index in [2.05, 4.69) is 46.8 Å². The van der Waals surface area contributed by atoms with Gasteiger partial charge in [-0.15, -0.1) is 0 Å². The molecule has 13 nitrogen and oxygen atoms in total. The zero-order chi connectivity index (χ0) is 46.2. The maximum Gasteiger partial charge on any atom is 0.270 e. The number of ether oxygens (including phenoxy) is 3. The lowest BCUT2D eigenvalue weighted by atomic mass is 10.1. The van der Waals surface area contributed by atoms with Crippen molar-refractivity contribution < 1.29 is 33.4 Å². The van der Waals surface area contributed by atoms with Crippen molar-refractivity contribution in [1.82, 2.24) is 30.9 Å². The second-order valence-electron chi connectivity index (χ2n) is 13.8. The van der Waals surface area contributed by atoms with Crippen LogP contribution in [-0.4, -0.2) is 60.3 Å². The Labute approximate surface area is 386 Å². The van der Waals surface area contributed by atoms with Crippen LogP contribution >= 0.6 is 15.9 Å². The van der Waals surface area contributed by atoms with Crippen molar-refractivity contribution in [2.24, 2.45) is 0 Å². The van der Waals surface area contributed by atoms with E-state index in [1.807, 2.05) is 121 Å². The van der Waals surface area contributed by atoms with Gasteiger partial charge in [0.25, 0.3) is 17.7 Å². The number of aromatic nitrogens is 3. The fourth-order valence-corrected chi connectivity index (χ4v) is 5.99. The molecule has 0 atom stereocenters. The molecule has 0 unspecified atom stereocenters. The Balaban J connectivity index is 0.000000186. The number of rotatable bonds is 15. The predicted molar refractivity (Wildman–Crippen MR) is 254 cm³/mol. The highest BCUT2D eigenvalue weighted by molar-refractivity contribution is 9.10. The maximum absolute atomic E-state index is 12.3. The summed E-state index contributed by atoms with van der Waals surface area (Å²) in [6.07, 6.45) is 9.33. The number of carbonyl (C=O) groups excluding carboxylic acids is 4. The second kappa shape index (κ2) is 25.8. The molecule has 0 spiro atoms. The molecule has 0 fully saturated rings. The van der Waals surface area contributed by atoms with Crippen LogP contribution in [0.4, 0.5) is 0 Å². The first kappa shape index (κ1) is 48.1. The fourth-order valence-electron chi connectivity index (χ4n) is 5.65. The molecule has 4 aromatic carbocycles. The Bertz CT molecular complexity index is 2650. The monoisotopic (exact) mass is 934 g/mol. The third kappa shape index (κ3) is 16.3. The second-order valence-corrected chi connectivity index (χ2v) is 14.7. The minimum Gasteiger partial charge on any atom is -0.497 e. The Morgan fingerprint density at radius 1 is 0.477 bits per heavy atom. The van der Waals surface area contributed by atoms with E-state index in [1.54, 1.807) is 58.0 Å². The van der Waals surface area contributed by atoms with Crippen LogP contribution in [-0.2, 0) is 19.6 Å². The number of aldehydes is 1. The lowest BCUT2D eigenvalue weighted by Crippen LogP contribution is -2.23. The van der Waals surface area contributed by atoms with Crippen molar-refractivity contribution in [2.45, 2.75) is 19.6 Å². The fraction of sp³-hybridized carbons (Fsp3) is 0.118. The molecule has 0 bridgehead atoms. The van der Waals surface area contributed by atoms with E-state index < -0.39 is 0 Å². The van der Waals surface area contributed by atoms with Gasteiger partial charge >= 0.3 is 0 Å². The van der Waals surface area contributed by atoms with Crippen molar-refractivity contribution >= 4 is 52.1 Å². The van der Waals surface area contributed by atoms with Gasteiger partial charge in [0, 0.05) is 48.3 Å². The van der Waals surface area contributed by atoms with Gasteiger partial charge in [-0.3, -0.25) is 34.1 Å². The van der Waals surface area contributed by atoms with Gasteiger partial charge in [0.2, 0.25) is 0 Å². The van der Waals surface area contributed by atoms with E-state index in [4.69, 9.17) is 14.2 Å². The zero-order valence-electron chi connectivity index (χ0n) is 35.9. The summed E-state index contributed by atoms with van der Waals surface area (Å²) >= 11 is 3.31. The number of pyridine rings is 3.